The smallest absolute Gasteiger partial charge is 0.251 e. The van der Waals surface area contributed by atoms with Crippen molar-refractivity contribution in [2.75, 3.05) is 20.8 Å². The molecule has 4 nitrogen and oxygen atoms in total. The van der Waals surface area contributed by atoms with Crippen LogP contribution in [0.25, 0.3) is 0 Å². The molecule has 0 aliphatic rings. The van der Waals surface area contributed by atoms with Crippen molar-refractivity contribution < 1.29 is 14.3 Å². The Morgan fingerprint density at radius 3 is 2.56 bits per heavy atom. The number of aryl methyl sites for hydroxylation is 1. The van der Waals surface area contributed by atoms with Crippen molar-refractivity contribution in [1.82, 2.24) is 5.32 Å². The lowest BCUT2D eigenvalue weighted by Crippen LogP contribution is -2.25. The van der Waals surface area contributed by atoms with Gasteiger partial charge in [-0.3, -0.25) is 4.79 Å². The number of carbonyl (C=O) groups excluding carboxylic acids is 1. The second kappa shape index (κ2) is 9.52. The van der Waals surface area contributed by atoms with Crippen LogP contribution in [0.15, 0.2) is 55.1 Å². The van der Waals surface area contributed by atoms with Gasteiger partial charge in [0.2, 0.25) is 0 Å². The van der Waals surface area contributed by atoms with E-state index in [9.17, 15) is 4.79 Å². The first-order valence-corrected chi connectivity index (χ1v) is 8.37. The van der Waals surface area contributed by atoms with E-state index in [-0.39, 0.29) is 5.91 Å². The molecule has 0 saturated heterocycles. The van der Waals surface area contributed by atoms with Gasteiger partial charge in [0.05, 0.1) is 14.2 Å². The van der Waals surface area contributed by atoms with Crippen LogP contribution < -0.4 is 14.8 Å². The van der Waals surface area contributed by atoms with Gasteiger partial charge in [-0.05, 0) is 37.0 Å². The molecule has 0 fully saturated rings. The monoisotopic (exact) mass is 339 g/mol. The Hall–Kier alpha value is -2.75. The Kier molecular flexibility index (Phi) is 7.08. The van der Waals surface area contributed by atoms with Crippen molar-refractivity contribution in [1.29, 1.82) is 0 Å². The van der Waals surface area contributed by atoms with E-state index in [0.717, 1.165) is 18.4 Å². The summed E-state index contributed by atoms with van der Waals surface area (Å²) in [6, 6.07) is 13.8. The molecule has 0 saturated carbocycles. The molecule has 1 amide bonds. The van der Waals surface area contributed by atoms with Gasteiger partial charge >= 0.3 is 0 Å². The predicted molar refractivity (Wildman–Crippen MR) is 101 cm³/mol. The molecule has 0 spiro atoms. The van der Waals surface area contributed by atoms with Crippen molar-refractivity contribution >= 4 is 5.91 Å². The third-order valence-electron chi connectivity index (χ3n) is 3.95. The summed E-state index contributed by atoms with van der Waals surface area (Å²) in [5, 5.41) is 2.97. The van der Waals surface area contributed by atoms with E-state index in [2.05, 4.69) is 24.0 Å². The molecule has 0 aromatic heterocycles. The first-order valence-electron chi connectivity index (χ1n) is 8.37. The maximum Gasteiger partial charge on any atom is 0.251 e. The number of nitrogens with one attached hydrogen (secondary N) is 1. The molecule has 0 heterocycles. The Bertz CT molecular complexity index is 711. The number of methoxy groups -OCH3 is 2. The normalized spacial score (nSPS) is 10.2. The zero-order valence-electron chi connectivity index (χ0n) is 14.9. The summed E-state index contributed by atoms with van der Waals surface area (Å²) in [6.07, 6.45) is 4.21. The summed E-state index contributed by atoms with van der Waals surface area (Å²) in [7, 11) is 3.16. The Morgan fingerprint density at radius 2 is 1.92 bits per heavy atom. The third kappa shape index (κ3) is 5.11. The lowest BCUT2D eigenvalue weighted by atomic mass is 10.0. The fourth-order valence-corrected chi connectivity index (χ4v) is 2.72. The van der Waals surface area contributed by atoms with Gasteiger partial charge in [0.25, 0.3) is 5.91 Å². The topological polar surface area (TPSA) is 47.6 Å². The van der Waals surface area contributed by atoms with E-state index >= 15 is 0 Å². The van der Waals surface area contributed by atoms with Gasteiger partial charge in [-0.2, -0.15) is 0 Å². The average molecular weight is 339 g/mol. The van der Waals surface area contributed by atoms with Gasteiger partial charge in [-0.1, -0.05) is 36.4 Å². The van der Waals surface area contributed by atoms with Crippen LogP contribution in [0.2, 0.25) is 0 Å². The number of carbonyl (C=O) groups is 1. The summed E-state index contributed by atoms with van der Waals surface area (Å²) in [4.78, 5) is 12.4. The van der Waals surface area contributed by atoms with Crippen molar-refractivity contribution in [3.63, 3.8) is 0 Å². The highest BCUT2D eigenvalue weighted by Crippen LogP contribution is 2.33. The number of hydrogen-bond donors (Lipinski definition) is 1. The summed E-state index contributed by atoms with van der Waals surface area (Å²) in [5.41, 5.74) is 2.72. The van der Waals surface area contributed by atoms with Gasteiger partial charge in [0.1, 0.15) is 0 Å². The van der Waals surface area contributed by atoms with E-state index in [4.69, 9.17) is 9.47 Å². The number of allylic oxidation sites excluding steroid dienone is 1. The number of benzene rings is 2. The molecule has 0 atom stereocenters. The van der Waals surface area contributed by atoms with Gasteiger partial charge in [0, 0.05) is 17.7 Å². The molecular weight excluding hydrogens is 314 g/mol. The molecule has 0 bridgehead atoms. The summed E-state index contributed by atoms with van der Waals surface area (Å²) >= 11 is 0. The molecule has 2 aromatic rings. The lowest BCUT2D eigenvalue weighted by molar-refractivity contribution is 0.0952. The van der Waals surface area contributed by atoms with Gasteiger partial charge in [-0.15, -0.1) is 6.58 Å². The molecule has 2 rings (SSSR count). The van der Waals surface area contributed by atoms with Crippen molar-refractivity contribution in [2.24, 2.45) is 0 Å². The molecule has 4 heteroatoms. The summed E-state index contributed by atoms with van der Waals surface area (Å²) in [6.45, 7) is 4.38. The van der Waals surface area contributed by atoms with E-state index in [1.165, 1.54) is 5.56 Å². The van der Waals surface area contributed by atoms with Crippen LogP contribution in [0.5, 0.6) is 11.5 Å². The van der Waals surface area contributed by atoms with Crippen molar-refractivity contribution in [3.8, 4) is 11.5 Å². The molecule has 132 valence electrons. The molecule has 2 aromatic carbocycles. The number of ether oxygens (including phenoxy) is 2. The largest absolute Gasteiger partial charge is 0.493 e. The zero-order valence-corrected chi connectivity index (χ0v) is 14.9. The fourth-order valence-electron chi connectivity index (χ4n) is 2.72. The van der Waals surface area contributed by atoms with Crippen LogP contribution in [-0.4, -0.2) is 26.7 Å². The van der Waals surface area contributed by atoms with Crippen LogP contribution in [0, 0.1) is 0 Å². The van der Waals surface area contributed by atoms with Crippen molar-refractivity contribution in [2.45, 2.75) is 19.3 Å². The van der Waals surface area contributed by atoms with Crippen LogP contribution in [0.1, 0.15) is 27.9 Å². The molecule has 1 N–H and O–H groups in total. The van der Waals surface area contributed by atoms with Gasteiger partial charge < -0.3 is 14.8 Å². The highest BCUT2D eigenvalue weighted by molar-refractivity contribution is 5.95. The zero-order chi connectivity index (χ0) is 18.1. The molecule has 0 unspecified atom stereocenters. The van der Waals surface area contributed by atoms with Gasteiger partial charge in [0.15, 0.2) is 11.5 Å². The number of amides is 1. The first-order chi connectivity index (χ1) is 12.2. The first kappa shape index (κ1) is 18.6. The van der Waals surface area contributed by atoms with Crippen LogP contribution in [0.4, 0.5) is 0 Å². The minimum Gasteiger partial charge on any atom is -0.493 e. The van der Waals surface area contributed by atoms with E-state index in [1.807, 2.05) is 24.3 Å². The minimum atomic E-state index is -0.112. The highest BCUT2D eigenvalue weighted by Gasteiger charge is 2.15. The highest BCUT2D eigenvalue weighted by atomic mass is 16.5. The number of hydrogen-bond acceptors (Lipinski definition) is 3. The maximum atomic E-state index is 12.4. The van der Waals surface area contributed by atoms with E-state index in [1.54, 1.807) is 26.4 Å². The van der Waals surface area contributed by atoms with E-state index in [0.29, 0.717) is 30.0 Å². The Morgan fingerprint density at radius 1 is 1.16 bits per heavy atom. The Balaban J connectivity index is 2.00. The number of rotatable bonds is 9. The minimum absolute atomic E-state index is 0.112. The Labute approximate surface area is 149 Å². The molecule has 25 heavy (non-hydrogen) atoms. The fraction of sp³-hybridized carbons (Fsp3) is 0.286. The van der Waals surface area contributed by atoms with E-state index < -0.39 is 0 Å². The average Bonchev–Trinajstić information content (AvgIpc) is 2.65. The standard InChI is InChI=1S/C21H25NO3/c1-4-9-17-14-18(15-19(24-2)20(17)25-3)21(23)22-13-8-12-16-10-6-5-7-11-16/h4-7,10-11,14-15H,1,8-9,12-13H2,2-3H3,(H,22,23). The second-order valence-electron chi connectivity index (χ2n) is 5.71. The molecule has 0 aliphatic carbocycles. The second-order valence-corrected chi connectivity index (χ2v) is 5.71. The molecular formula is C21H25NO3. The third-order valence-corrected chi connectivity index (χ3v) is 3.95. The van der Waals surface area contributed by atoms with Crippen LogP contribution in [0.3, 0.4) is 0 Å². The predicted octanol–water partition coefficient (Wildman–Crippen LogP) is 3.79. The summed E-state index contributed by atoms with van der Waals surface area (Å²) < 4.78 is 10.8. The van der Waals surface area contributed by atoms with Crippen LogP contribution in [-0.2, 0) is 12.8 Å². The SMILES string of the molecule is C=CCc1cc(C(=O)NCCCc2ccccc2)cc(OC)c1OC. The molecule has 0 radical (unpaired) electrons. The maximum absolute atomic E-state index is 12.4. The quantitative estimate of drug-likeness (QED) is 0.558. The molecule has 0 aliphatic heterocycles. The van der Waals surface area contributed by atoms with Gasteiger partial charge in [-0.25, -0.2) is 0 Å². The lowest BCUT2D eigenvalue weighted by Gasteiger charge is -2.14. The van der Waals surface area contributed by atoms with Crippen LogP contribution >= 0.6 is 0 Å². The summed E-state index contributed by atoms with van der Waals surface area (Å²) in [5.74, 6) is 1.08. The van der Waals surface area contributed by atoms with Crippen molar-refractivity contribution in [3.05, 3.63) is 71.8 Å².